The van der Waals surface area contributed by atoms with Crippen LogP contribution in [0.4, 0.5) is 4.79 Å². The number of aliphatic hydroxyl groups excluding tert-OH is 1. The zero-order valence-electron chi connectivity index (χ0n) is 10.9. The van der Waals surface area contributed by atoms with Gasteiger partial charge in [0.15, 0.2) is 0 Å². The smallest absolute Gasteiger partial charge is 0.326 e. The van der Waals surface area contributed by atoms with Gasteiger partial charge < -0.3 is 25.7 Å². The highest BCUT2D eigenvalue weighted by molar-refractivity contribution is 5.87. The van der Waals surface area contributed by atoms with Gasteiger partial charge in [-0.1, -0.05) is 0 Å². The Morgan fingerprint density at radius 3 is 2.53 bits per heavy atom. The Morgan fingerprint density at radius 2 is 2.00 bits per heavy atom. The molecule has 1 heterocycles. The van der Waals surface area contributed by atoms with E-state index < -0.39 is 24.1 Å². The first-order valence-corrected chi connectivity index (χ1v) is 6.06. The number of carbonyl (C=O) groups is 3. The lowest BCUT2D eigenvalue weighted by molar-refractivity contribution is -0.141. The normalized spacial score (nSPS) is 22.4. The third kappa shape index (κ3) is 4.40. The summed E-state index contributed by atoms with van der Waals surface area (Å²) in [6.45, 7) is 3.30. The second-order valence-corrected chi connectivity index (χ2v) is 4.78. The van der Waals surface area contributed by atoms with E-state index in [0.29, 0.717) is 0 Å². The fourth-order valence-electron chi connectivity index (χ4n) is 1.90. The van der Waals surface area contributed by atoms with Gasteiger partial charge in [-0.3, -0.25) is 4.79 Å². The van der Waals surface area contributed by atoms with Gasteiger partial charge in [0.25, 0.3) is 0 Å². The van der Waals surface area contributed by atoms with Crippen LogP contribution in [0.5, 0.6) is 0 Å². The summed E-state index contributed by atoms with van der Waals surface area (Å²) >= 11 is 0. The molecule has 0 aromatic heterocycles. The molecule has 0 radical (unpaired) electrons. The molecule has 0 aromatic carbocycles. The van der Waals surface area contributed by atoms with E-state index in [1.54, 1.807) is 13.8 Å². The molecule has 1 aliphatic heterocycles. The molecule has 1 saturated heterocycles. The number of urea groups is 1. The molecule has 0 aromatic rings. The molecule has 8 nitrogen and oxygen atoms in total. The second-order valence-electron chi connectivity index (χ2n) is 4.78. The van der Waals surface area contributed by atoms with E-state index in [1.807, 2.05) is 0 Å². The number of nitrogens with zero attached hydrogens (tertiary/aromatic N) is 1. The van der Waals surface area contributed by atoms with Gasteiger partial charge in [-0.2, -0.15) is 0 Å². The van der Waals surface area contributed by atoms with Gasteiger partial charge in [0.05, 0.1) is 12.6 Å². The maximum Gasteiger partial charge on any atom is 0.326 e. The molecule has 1 rings (SSSR count). The molecule has 0 aliphatic carbocycles. The topological polar surface area (TPSA) is 119 Å². The highest BCUT2D eigenvalue weighted by Gasteiger charge is 2.38. The maximum atomic E-state index is 11.8. The van der Waals surface area contributed by atoms with Crippen molar-refractivity contribution in [3.8, 4) is 0 Å². The van der Waals surface area contributed by atoms with E-state index >= 15 is 0 Å². The third-order valence-corrected chi connectivity index (χ3v) is 2.67. The lowest BCUT2D eigenvalue weighted by atomic mass is 10.2. The number of aliphatic carboxylic acids is 1. The maximum absolute atomic E-state index is 11.8. The number of nitrogens with one attached hydrogen (secondary N) is 2. The minimum Gasteiger partial charge on any atom is -0.480 e. The highest BCUT2D eigenvalue weighted by Crippen LogP contribution is 2.17. The zero-order valence-corrected chi connectivity index (χ0v) is 10.9. The summed E-state index contributed by atoms with van der Waals surface area (Å²) in [4.78, 5) is 35.1. The number of carboxylic acids is 1. The number of carboxylic acid groups (broad SMARTS) is 1. The van der Waals surface area contributed by atoms with Gasteiger partial charge in [-0.15, -0.1) is 0 Å². The standard InChI is InChI=1S/C11H19N3O5/c1-6(2)13-9(16)4-12-11(19)14-5-7(15)3-8(14)10(17)18/h6-8,15H,3-5H2,1-2H3,(H,12,19)(H,13,16)(H,17,18)/t7?,8-/m0/s1. The number of rotatable bonds is 4. The van der Waals surface area contributed by atoms with Crippen molar-refractivity contribution in [2.24, 2.45) is 0 Å². The van der Waals surface area contributed by atoms with Crippen molar-refractivity contribution < 1.29 is 24.6 Å². The van der Waals surface area contributed by atoms with Crippen LogP contribution in [-0.4, -0.2) is 64.3 Å². The summed E-state index contributed by atoms with van der Waals surface area (Å²) < 4.78 is 0. The van der Waals surface area contributed by atoms with E-state index in [1.165, 1.54) is 0 Å². The first-order chi connectivity index (χ1) is 8.81. The van der Waals surface area contributed by atoms with Crippen LogP contribution in [0.3, 0.4) is 0 Å². The predicted octanol–water partition coefficient (Wildman–Crippen LogP) is -1.26. The molecule has 0 spiro atoms. The van der Waals surface area contributed by atoms with Crippen LogP contribution in [0, 0.1) is 0 Å². The van der Waals surface area contributed by atoms with E-state index in [4.69, 9.17) is 5.11 Å². The predicted molar refractivity (Wildman–Crippen MR) is 65.4 cm³/mol. The van der Waals surface area contributed by atoms with Crippen LogP contribution in [-0.2, 0) is 9.59 Å². The lowest BCUT2D eigenvalue weighted by Crippen LogP contribution is -2.49. The van der Waals surface area contributed by atoms with E-state index in [9.17, 15) is 19.5 Å². The highest BCUT2D eigenvalue weighted by atomic mass is 16.4. The van der Waals surface area contributed by atoms with Crippen LogP contribution in [0.2, 0.25) is 0 Å². The molecular formula is C11H19N3O5. The van der Waals surface area contributed by atoms with Crippen LogP contribution >= 0.6 is 0 Å². The van der Waals surface area contributed by atoms with Gasteiger partial charge >= 0.3 is 12.0 Å². The molecule has 8 heteroatoms. The SMILES string of the molecule is CC(C)NC(=O)CNC(=O)N1CC(O)C[C@H]1C(=O)O. The number of carbonyl (C=O) groups excluding carboxylic acids is 2. The number of aliphatic hydroxyl groups is 1. The molecule has 19 heavy (non-hydrogen) atoms. The fourth-order valence-corrected chi connectivity index (χ4v) is 1.90. The van der Waals surface area contributed by atoms with Gasteiger partial charge in [0.2, 0.25) is 5.91 Å². The van der Waals surface area contributed by atoms with Crippen LogP contribution < -0.4 is 10.6 Å². The fraction of sp³-hybridized carbons (Fsp3) is 0.727. The molecule has 108 valence electrons. The van der Waals surface area contributed by atoms with Crippen LogP contribution in [0.15, 0.2) is 0 Å². The Kier molecular flexibility index (Phi) is 5.11. The third-order valence-electron chi connectivity index (χ3n) is 2.67. The Balaban J connectivity index is 2.48. The lowest BCUT2D eigenvalue weighted by Gasteiger charge is -2.21. The summed E-state index contributed by atoms with van der Waals surface area (Å²) in [5.41, 5.74) is 0. The average Bonchev–Trinajstić information content (AvgIpc) is 2.67. The van der Waals surface area contributed by atoms with Gasteiger partial charge in [-0.25, -0.2) is 9.59 Å². The van der Waals surface area contributed by atoms with Crippen molar-refractivity contribution in [2.75, 3.05) is 13.1 Å². The minimum absolute atomic E-state index is 0.000936. The van der Waals surface area contributed by atoms with E-state index in [0.717, 1.165) is 4.90 Å². The monoisotopic (exact) mass is 273 g/mol. The Hall–Kier alpha value is -1.83. The molecule has 1 fully saturated rings. The van der Waals surface area contributed by atoms with Crippen molar-refractivity contribution in [3.63, 3.8) is 0 Å². The van der Waals surface area contributed by atoms with E-state index in [-0.39, 0.29) is 31.5 Å². The van der Waals surface area contributed by atoms with Crippen molar-refractivity contribution in [1.29, 1.82) is 0 Å². The molecule has 4 N–H and O–H groups in total. The Morgan fingerprint density at radius 1 is 1.37 bits per heavy atom. The summed E-state index contributed by atoms with van der Waals surface area (Å²) in [5.74, 6) is -1.52. The number of hydrogen-bond acceptors (Lipinski definition) is 4. The first kappa shape index (κ1) is 15.2. The van der Waals surface area contributed by atoms with Gasteiger partial charge in [-0.05, 0) is 13.8 Å². The minimum atomic E-state index is -1.17. The summed E-state index contributed by atoms with van der Waals surface area (Å²) in [6, 6.07) is -1.75. The van der Waals surface area contributed by atoms with Crippen molar-refractivity contribution in [1.82, 2.24) is 15.5 Å². The average molecular weight is 273 g/mol. The number of β-amino-alcohol motifs (C(OH)–C–C–N with tert-alkyl or cyclic N) is 1. The van der Waals surface area contributed by atoms with Crippen molar-refractivity contribution >= 4 is 17.9 Å². The van der Waals surface area contributed by atoms with Crippen molar-refractivity contribution in [3.05, 3.63) is 0 Å². The second kappa shape index (κ2) is 6.37. The van der Waals surface area contributed by atoms with Crippen molar-refractivity contribution in [2.45, 2.75) is 38.5 Å². The molecule has 1 aliphatic rings. The first-order valence-electron chi connectivity index (χ1n) is 6.06. The summed E-state index contributed by atoms with van der Waals surface area (Å²) in [7, 11) is 0. The van der Waals surface area contributed by atoms with E-state index in [2.05, 4.69) is 10.6 Å². The van der Waals surface area contributed by atoms with Crippen LogP contribution in [0.1, 0.15) is 20.3 Å². The zero-order chi connectivity index (χ0) is 14.6. The van der Waals surface area contributed by atoms with Crippen LogP contribution in [0.25, 0.3) is 0 Å². The molecular weight excluding hydrogens is 254 g/mol. The number of hydrogen-bond donors (Lipinski definition) is 4. The summed E-state index contributed by atoms with van der Waals surface area (Å²) in [5, 5.41) is 23.3. The number of likely N-dealkylation sites (tertiary alicyclic amines) is 1. The Bertz CT molecular complexity index is 371. The van der Waals surface area contributed by atoms with Gasteiger partial charge in [0.1, 0.15) is 6.04 Å². The quantitative estimate of drug-likeness (QED) is 0.510. The molecule has 3 amide bonds. The largest absolute Gasteiger partial charge is 0.480 e. The summed E-state index contributed by atoms with van der Waals surface area (Å²) in [6.07, 6.45) is -0.850. The Labute approximate surface area is 110 Å². The molecule has 0 bridgehead atoms. The van der Waals surface area contributed by atoms with Gasteiger partial charge in [0, 0.05) is 19.0 Å². The number of amides is 3. The molecule has 1 unspecified atom stereocenters. The molecule has 0 saturated carbocycles. The molecule has 2 atom stereocenters.